The van der Waals surface area contributed by atoms with Gasteiger partial charge in [0.1, 0.15) is 0 Å². The molecule has 0 aliphatic carbocycles. The molecule has 15 heavy (non-hydrogen) atoms. The Kier molecular flexibility index (Phi) is 2.91. The van der Waals surface area contributed by atoms with Crippen LogP contribution in [0.2, 0.25) is 0 Å². The van der Waals surface area contributed by atoms with E-state index in [0.717, 1.165) is 21.8 Å². The molecule has 78 valence electrons. The Morgan fingerprint density at radius 3 is 2.87 bits per heavy atom. The molecule has 0 radical (unpaired) electrons. The summed E-state index contributed by atoms with van der Waals surface area (Å²) in [7, 11) is 1.65. The van der Waals surface area contributed by atoms with Crippen LogP contribution < -0.4 is 4.74 Å². The minimum atomic E-state index is 0.702. The molecule has 0 saturated carbocycles. The third-order valence-electron chi connectivity index (χ3n) is 2.42. The van der Waals surface area contributed by atoms with Crippen molar-refractivity contribution < 1.29 is 4.74 Å². The molecule has 0 spiro atoms. The summed E-state index contributed by atoms with van der Waals surface area (Å²) in [4.78, 5) is 4.51. The minimum Gasteiger partial charge on any atom is -0.481 e. The van der Waals surface area contributed by atoms with Gasteiger partial charge in [-0.2, -0.15) is 0 Å². The van der Waals surface area contributed by atoms with Crippen LogP contribution in [0.5, 0.6) is 5.88 Å². The average Bonchev–Trinajstić information content (AvgIpc) is 2.28. The van der Waals surface area contributed by atoms with Crippen LogP contribution in [0.25, 0.3) is 10.9 Å². The van der Waals surface area contributed by atoms with Gasteiger partial charge in [-0.3, -0.25) is 0 Å². The van der Waals surface area contributed by atoms with E-state index in [2.05, 4.69) is 46.0 Å². The molecule has 1 aromatic carbocycles. The highest BCUT2D eigenvalue weighted by Gasteiger charge is 2.07. The van der Waals surface area contributed by atoms with Gasteiger partial charge in [0, 0.05) is 16.3 Å². The van der Waals surface area contributed by atoms with Crippen LogP contribution in [-0.4, -0.2) is 12.1 Å². The van der Waals surface area contributed by atoms with E-state index in [0.29, 0.717) is 5.88 Å². The van der Waals surface area contributed by atoms with Crippen molar-refractivity contribution in [2.75, 3.05) is 7.11 Å². The second kappa shape index (κ2) is 4.19. The molecule has 2 aromatic rings. The maximum absolute atomic E-state index is 5.26. The van der Waals surface area contributed by atoms with E-state index in [1.165, 1.54) is 5.56 Å². The van der Waals surface area contributed by atoms with Crippen LogP contribution in [-0.2, 0) is 5.33 Å². The standard InChI is InChI=1S/C12H12BrNO/c1-8-4-3-5-9-6-10(7-13)12(15-2)14-11(8)9/h3-6H,7H2,1-2H3. The van der Waals surface area contributed by atoms with Crippen molar-refractivity contribution in [1.29, 1.82) is 0 Å². The van der Waals surface area contributed by atoms with Crippen LogP contribution in [0.1, 0.15) is 11.1 Å². The second-order valence-corrected chi connectivity index (χ2v) is 4.00. The molecule has 0 N–H and O–H groups in total. The van der Waals surface area contributed by atoms with Crippen LogP contribution >= 0.6 is 15.9 Å². The molecule has 0 saturated heterocycles. The number of rotatable bonds is 2. The van der Waals surface area contributed by atoms with Gasteiger partial charge >= 0.3 is 0 Å². The number of benzene rings is 1. The smallest absolute Gasteiger partial charge is 0.217 e. The molecule has 1 aromatic heterocycles. The van der Waals surface area contributed by atoms with Gasteiger partial charge in [-0.25, -0.2) is 4.98 Å². The summed E-state index contributed by atoms with van der Waals surface area (Å²) in [5.74, 6) is 0.702. The highest BCUT2D eigenvalue weighted by molar-refractivity contribution is 9.08. The van der Waals surface area contributed by atoms with Gasteiger partial charge in [-0.05, 0) is 18.6 Å². The molecular weight excluding hydrogens is 254 g/mol. The summed E-state index contributed by atoms with van der Waals surface area (Å²) in [6.45, 7) is 2.06. The Morgan fingerprint density at radius 1 is 1.40 bits per heavy atom. The zero-order chi connectivity index (χ0) is 10.8. The van der Waals surface area contributed by atoms with Gasteiger partial charge in [0.15, 0.2) is 0 Å². The molecule has 0 aliphatic heterocycles. The number of alkyl halides is 1. The fourth-order valence-electron chi connectivity index (χ4n) is 1.65. The number of para-hydroxylation sites is 1. The maximum atomic E-state index is 5.26. The molecule has 0 amide bonds. The van der Waals surface area contributed by atoms with Crippen molar-refractivity contribution in [1.82, 2.24) is 4.98 Å². The number of fused-ring (bicyclic) bond motifs is 1. The lowest BCUT2D eigenvalue weighted by Crippen LogP contribution is -1.95. The first-order valence-electron chi connectivity index (χ1n) is 4.75. The minimum absolute atomic E-state index is 0.702. The molecule has 2 nitrogen and oxygen atoms in total. The Hall–Kier alpha value is -1.09. The Bertz CT molecular complexity index is 496. The molecular formula is C12H12BrNO. The highest BCUT2D eigenvalue weighted by Crippen LogP contribution is 2.25. The number of aromatic nitrogens is 1. The average molecular weight is 266 g/mol. The van der Waals surface area contributed by atoms with Gasteiger partial charge in [-0.15, -0.1) is 0 Å². The molecule has 0 fully saturated rings. The number of halogens is 1. The first-order valence-corrected chi connectivity index (χ1v) is 5.87. The summed E-state index contributed by atoms with van der Waals surface area (Å²) in [5, 5.41) is 1.91. The quantitative estimate of drug-likeness (QED) is 0.777. The van der Waals surface area contributed by atoms with Crippen molar-refractivity contribution in [3.63, 3.8) is 0 Å². The summed E-state index contributed by atoms with van der Waals surface area (Å²) in [6, 6.07) is 8.29. The monoisotopic (exact) mass is 265 g/mol. The van der Waals surface area contributed by atoms with E-state index in [1.807, 2.05) is 6.07 Å². The molecule has 0 bridgehead atoms. The lowest BCUT2D eigenvalue weighted by Gasteiger charge is -2.08. The summed E-state index contributed by atoms with van der Waals surface area (Å²) >= 11 is 3.43. The number of pyridine rings is 1. The Morgan fingerprint density at radius 2 is 2.20 bits per heavy atom. The molecule has 0 aliphatic rings. The first-order chi connectivity index (χ1) is 7.26. The third-order valence-corrected chi connectivity index (χ3v) is 3.03. The van der Waals surface area contributed by atoms with Crippen LogP contribution in [0.15, 0.2) is 24.3 Å². The van der Waals surface area contributed by atoms with Gasteiger partial charge in [0.25, 0.3) is 0 Å². The van der Waals surface area contributed by atoms with Crippen LogP contribution in [0, 0.1) is 6.92 Å². The predicted octanol–water partition coefficient (Wildman–Crippen LogP) is 3.45. The lowest BCUT2D eigenvalue weighted by atomic mass is 10.1. The number of ether oxygens (including phenoxy) is 1. The summed E-state index contributed by atoms with van der Waals surface area (Å²) in [5.41, 5.74) is 3.27. The largest absolute Gasteiger partial charge is 0.481 e. The predicted molar refractivity (Wildman–Crippen MR) is 65.7 cm³/mol. The van der Waals surface area contributed by atoms with Crippen molar-refractivity contribution in [2.24, 2.45) is 0 Å². The fraction of sp³-hybridized carbons (Fsp3) is 0.250. The van der Waals surface area contributed by atoms with E-state index < -0.39 is 0 Å². The summed E-state index contributed by atoms with van der Waals surface area (Å²) < 4.78 is 5.26. The normalized spacial score (nSPS) is 10.6. The third kappa shape index (κ3) is 1.84. The lowest BCUT2D eigenvalue weighted by molar-refractivity contribution is 0.396. The van der Waals surface area contributed by atoms with Crippen molar-refractivity contribution in [3.05, 3.63) is 35.4 Å². The SMILES string of the molecule is COc1nc2c(C)cccc2cc1CBr. The molecule has 0 unspecified atom stereocenters. The second-order valence-electron chi connectivity index (χ2n) is 3.44. The number of nitrogens with zero attached hydrogens (tertiary/aromatic N) is 1. The van der Waals surface area contributed by atoms with Crippen molar-refractivity contribution in [2.45, 2.75) is 12.3 Å². The van der Waals surface area contributed by atoms with E-state index >= 15 is 0 Å². The van der Waals surface area contributed by atoms with Crippen LogP contribution in [0.4, 0.5) is 0 Å². The fourth-order valence-corrected chi connectivity index (χ4v) is 2.05. The van der Waals surface area contributed by atoms with Gasteiger partial charge in [0.05, 0.1) is 12.6 Å². The topological polar surface area (TPSA) is 22.1 Å². The molecule has 3 heteroatoms. The number of aryl methyl sites for hydroxylation is 1. The zero-order valence-electron chi connectivity index (χ0n) is 8.75. The van der Waals surface area contributed by atoms with Crippen molar-refractivity contribution in [3.8, 4) is 5.88 Å². The number of hydrogen-bond acceptors (Lipinski definition) is 2. The van der Waals surface area contributed by atoms with E-state index in [9.17, 15) is 0 Å². The number of hydrogen-bond donors (Lipinski definition) is 0. The number of methoxy groups -OCH3 is 1. The van der Waals surface area contributed by atoms with E-state index in [1.54, 1.807) is 7.11 Å². The molecule has 2 rings (SSSR count). The maximum Gasteiger partial charge on any atom is 0.217 e. The van der Waals surface area contributed by atoms with E-state index in [4.69, 9.17) is 4.74 Å². The highest BCUT2D eigenvalue weighted by atomic mass is 79.9. The van der Waals surface area contributed by atoms with E-state index in [-0.39, 0.29) is 0 Å². The Balaban J connectivity index is 2.75. The van der Waals surface area contributed by atoms with Gasteiger partial charge in [-0.1, -0.05) is 34.1 Å². The van der Waals surface area contributed by atoms with Gasteiger partial charge < -0.3 is 4.74 Å². The Labute approximate surface area is 97.4 Å². The molecule has 1 heterocycles. The van der Waals surface area contributed by atoms with Crippen LogP contribution in [0.3, 0.4) is 0 Å². The summed E-state index contributed by atoms with van der Waals surface area (Å²) in [6.07, 6.45) is 0. The zero-order valence-corrected chi connectivity index (χ0v) is 10.3. The van der Waals surface area contributed by atoms with Crippen molar-refractivity contribution >= 4 is 26.8 Å². The first kappa shape index (κ1) is 10.4. The molecule has 0 atom stereocenters. The van der Waals surface area contributed by atoms with Gasteiger partial charge in [0.2, 0.25) is 5.88 Å².